The van der Waals surface area contributed by atoms with Crippen LogP contribution in [0.3, 0.4) is 0 Å². The number of nitrogens with one attached hydrogen (secondary N) is 1. The minimum absolute atomic E-state index is 0.0638. The van der Waals surface area contributed by atoms with Gasteiger partial charge in [-0.1, -0.05) is 28.1 Å². The molecule has 1 amide bonds. The fourth-order valence-corrected chi connectivity index (χ4v) is 2.88. The Labute approximate surface area is 126 Å². The van der Waals surface area contributed by atoms with Gasteiger partial charge in [0.15, 0.2) is 0 Å². The van der Waals surface area contributed by atoms with E-state index >= 15 is 0 Å². The van der Waals surface area contributed by atoms with Gasteiger partial charge in [-0.25, -0.2) is 0 Å². The van der Waals surface area contributed by atoms with Crippen molar-refractivity contribution >= 4 is 27.5 Å². The molecular formula is C16H14BrNO2. The lowest BCUT2D eigenvalue weighted by Gasteiger charge is -2.10. The van der Waals surface area contributed by atoms with E-state index in [0.717, 1.165) is 27.0 Å². The quantitative estimate of drug-likeness (QED) is 0.930. The lowest BCUT2D eigenvalue weighted by atomic mass is 9.93. The molecule has 0 spiro atoms. The van der Waals surface area contributed by atoms with Crippen LogP contribution in [0.25, 0.3) is 0 Å². The number of rotatable bonds is 3. The summed E-state index contributed by atoms with van der Waals surface area (Å²) < 4.78 is 6.14. The topological polar surface area (TPSA) is 38.3 Å². The first kappa shape index (κ1) is 13.2. The Bertz CT molecular complexity index is 652. The molecule has 2 aromatic carbocycles. The molecule has 3 rings (SSSR count). The van der Waals surface area contributed by atoms with Crippen molar-refractivity contribution in [2.45, 2.75) is 12.3 Å². The standard InChI is InChI=1S/C16H14BrNO2/c1-20-12-5-2-10(3-6-12)8-14-13-9-11(17)4-7-15(13)18-16(14)19/h2-7,9,14H,8H2,1H3,(H,18,19)/t14-/m1/s1. The number of benzene rings is 2. The van der Waals surface area contributed by atoms with Crippen molar-refractivity contribution in [3.63, 3.8) is 0 Å². The van der Waals surface area contributed by atoms with Crippen molar-refractivity contribution in [1.29, 1.82) is 0 Å². The molecule has 0 radical (unpaired) electrons. The molecule has 1 aliphatic rings. The Morgan fingerprint density at radius 2 is 1.95 bits per heavy atom. The Morgan fingerprint density at radius 1 is 1.20 bits per heavy atom. The van der Waals surface area contributed by atoms with Crippen LogP contribution >= 0.6 is 15.9 Å². The molecule has 102 valence electrons. The zero-order valence-electron chi connectivity index (χ0n) is 11.0. The maximum Gasteiger partial charge on any atom is 0.232 e. The van der Waals surface area contributed by atoms with Crippen molar-refractivity contribution in [1.82, 2.24) is 0 Å². The number of methoxy groups -OCH3 is 1. The number of ether oxygens (including phenoxy) is 1. The van der Waals surface area contributed by atoms with Crippen LogP contribution in [0.1, 0.15) is 17.0 Å². The number of amides is 1. The zero-order valence-corrected chi connectivity index (χ0v) is 12.6. The monoisotopic (exact) mass is 331 g/mol. The minimum atomic E-state index is -0.129. The van der Waals surface area contributed by atoms with Gasteiger partial charge >= 0.3 is 0 Å². The van der Waals surface area contributed by atoms with Crippen molar-refractivity contribution in [2.24, 2.45) is 0 Å². The van der Waals surface area contributed by atoms with E-state index in [-0.39, 0.29) is 11.8 Å². The summed E-state index contributed by atoms with van der Waals surface area (Å²) in [5.74, 6) is 0.762. The van der Waals surface area contributed by atoms with Crippen molar-refractivity contribution < 1.29 is 9.53 Å². The van der Waals surface area contributed by atoms with E-state index in [2.05, 4.69) is 21.2 Å². The number of carbonyl (C=O) groups is 1. The average molecular weight is 332 g/mol. The second kappa shape index (κ2) is 5.29. The minimum Gasteiger partial charge on any atom is -0.497 e. The lowest BCUT2D eigenvalue weighted by molar-refractivity contribution is -0.117. The third kappa shape index (κ3) is 2.43. The molecule has 0 saturated carbocycles. The van der Waals surface area contributed by atoms with Crippen LogP contribution in [0.2, 0.25) is 0 Å². The fourth-order valence-electron chi connectivity index (χ4n) is 2.50. The van der Waals surface area contributed by atoms with Crippen LogP contribution in [0.4, 0.5) is 5.69 Å². The molecule has 0 aliphatic carbocycles. The molecule has 0 fully saturated rings. The first-order valence-electron chi connectivity index (χ1n) is 6.40. The van der Waals surface area contributed by atoms with Crippen molar-refractivity contribution in [2.75, 3.05) is 12.4 Å². The van der Waals surface area contributed by atoms with Gasteiger partial charge in [-0.2, -0.15) is 0 Å². The highest BCUT2D eigenvalue weighted by atomic mass is 79.9. The Morgan fingerprint density at radius 3 is 2.65 bits per heavy atom. The summed E-state index contributed by atoms with van der Waals surface area (Å²) in [4.78, 5) is 12.1. The zero-order chi connectivity index (χ0) is 14.1. The Hall–Kier alpha value is -1.81. The molecule has 2 aromatic rings. The summed E-state index contributed by atoms with van der Waals surface area (Å²) >= 11 is 3.46. The summed E-state index contributed by atoms with van der Waals surface area (Å²) in [7, 11) is 1.65. The number of anilines is 1. The normalized spacial score (nSPS) is 16.7. The number of hydrogen-bond acceptors (Lipinski definition) is 2. The molecule has 4 heteroatoms. The number of halogens is 1. The molecule has 0 saturated heterocycles. The van der Waals surface area contributed by atoms with E-state index in [1.807, 2.05) is 42.5 Å². The second-order valence-electron chi connectivity index (χ2n) is 4.83. The molecular weight excluding hydrogens is 318 g/mol. The van der Waals surface area contributed by atoms with Crippen LogP contribution in [0.5, 0.6) is 5.75 Å². The number of carbonyl (C=O) groups excluding carboxylic acids is 1. The van der Waals surface area contributed by atoms with E-state index < -0.39 is 0 Å². The van der Waals surface area contributed by atoms with E-state index in [1.165, 1.54) is 0 Å². The highest BCUT2D eigenvalue weighted by Crippen LogP contribution is 2.36. The molecule has 1 heterocycles. The summed E-state index contributed by atoms with van der Waals surface area (Å²) in [6, 6.07) is 13.7. The van der Waals surface area contributed by atoms with Crippen molar-refractivity contribution in [3.8, 4) is 5.75 Å². The van der Waals surface area contributed by atoms with Gasteiger partial charge in [0.25, 0.3) is 0 Å². The average Bonchev–Trinajstić information content (AvgIpc) is 2.76. The maximum atomic E-state index is 12.1. The summed E-state index contributed by atoms with van der Waals surface area (Å²) in [5, 5.41) is 2.93. The van der Waals surface area contributed by atoms with Gasteiger partial charge in [-0.05, 0) is 47.9 Å². The van der Waals surface area contributed by atoms with Crippen LogP contribution in [0, 0.1) is 0 Å². The Balaban J connectivity index is 1.87. The first-order valence-corrected chi connectivity index (χ1v) is 7.20. The maximum absolute atomic E-state index is 12.1. The Kier molecular flexibility index (Phi) is 3.49. The first-order chi connectivity index (χ1) is 9.67. The van der Waals surface area contributed by atoms with Gasteiger partial charge in [0.2, 0.25) is 5.91 Å². The van der Waals surface area contributed by atoms with Gasteiger partial charge in [-0.15, -0.1) is 0 Å². The van der Waals surface area contributed by atoms with Gasteiger partial charge in [0, 0.05) is 10.2 Å². The second-order valence-corrected chi connectivity index (χ2v) is 5.74. The van der Waals surface area contributed by atoms with Gasteiger partial charge in [0.1, 0.15) is 5.75 Å². The smallest absolute Gasteiger partial charge is 0.232 e. The fraction of sp³-hybridized carbons (Fsp3) is 0.188. The summed E-state index contributed by atoms with van der Waals surface area (Å²) in [6.07, 6.45) is 0.694. The third-order valence-electron chi connectivity index (χ3n) is 3.56. The molecule has 20 heavy (non-hydrogen) atoms. The van der Waals surface area contributed by atoms with Crippen LogP contribution in [-0.4, -0.2) is 13.0 Å². The number of hydrogen-bond donors (Lipinski definition) is 1. The highest BCUT2D eigenvalue weighted by Gasteiger charge is 2.30. The largest absolute Gasteiger partial charge is 0.497 e. The summed E-state index contributed by atoms with van der Waals surface area (Å²) in [5.41, 5.74) is 3.09. The predicted octanol–water partition coefficient (Wildman–Crippen LogP) is 3.74. The molecule has 0 aromatic heterocycles. The van der Waals surface area contributed by atoms with E-state index in [4.69, 9.17) is 4.74 Å². The molecule has 1 aliphatic heterocycles. The van der Waals surface area contributed by atoms with E-state index in [0.29, 0.717) is 6.42 Å². The molecule has 0 bridgehead atoms. The summed E-state index contributed by atoms with van der Waals surface area (Å²) in [6.45, 7) is 0. The lowest BCUT2D eigenvalue weighted by Crippen LogP contribution is -2.14. The third-order valence-corrected chi connectivity index (χ3v) is 4.06. The van der Waals surface area contributed by atoms with Gasteiger partial charge < -0.3 is 10.1 Å². The predicted molar refractivity (Wildman–Crippen MR) is 82.2 cm³/mol. The molecule has 3 nitrogen and oxygen atoms in total. The molecule has 1 atom stereocenters. The van der Waals surface area contributed by atoms with E-state index in [9.17, 15) is 4.79 Å². The van der Waals surface area contributed by atoms with Crippen LogP contribution in [-0.2, 0) is 11.2 Å². The van der Waals surface area contributed by atoms with Gasteiger partial charge in [-0.3, -0.25) is 4.79 Å². The molecule has 1 N–H and O–H groups in total. The highest BCUT2D eigenvalue weighted by molar-refractivity contribution is 9.10. The van der Waals surface area contributed by atoms with E-state index in [1.54, 1.807) is 7.11 Å². The SMILES string of the molecule is COc1ccc(C[C@H]2C(=O)Nc3ccc(Br)cc32)cc1. The number of fused-ring (bicyclic) bond motifs is 1. The van der Waals surface area contributed by atoms with Crippen LogP contribution < -0.4 is 10.1 Å². The van der Waals surface area contributed by atoms with Gasteiger partial charge in [0.05, 0.1) is 13.0 Å². The molecule has 0 unspecified atom stereocenters. The van der Waals surface area contributed by atoms with Crippen molar-refractivity contribution in [3.05, 3.63) is 58.1 Å². The van der Waals surface area contributed by atoms with Crippen LogP contribution in [0.15, 0.2) is 46.9 Å².